The number of halogens is 1. The number of carboxylic acids is 1. The summed E-state index contributed by atoms with van der Waals surface area (Å²) in [6, 6.07) is 10.5. The minimum Gasteiger partial charge on any atom is -0.493 e. The highest BCUT2D eigenvalue weighted by molar-refractivity contribution is 6.32. The van der Waals surface area contributed by atoms with E-state index < -0.39 is 5.97 Å². The van der Waals surface area contributed by atoms with Crippen LogP contribution >= 0.6 is 11.6 Å². The molecule has 0 atom stereocenters. The third kappa shape index (κ3) is 5.37. The zero-order valence-electron chi connectivity index (χ0n) is 14.5. The van der Waals surface area contributed by atoms with Crippen LogP contribution in [0.15, 0.2) is 36.4 Å². The first-order valence-electron chi connectivity index (χ1n) is 7.96. The fraction of sp³-hybridized carbons (Fsp3) is 0.316. The van der Waals surface area contributed by atoms with Gasteiger partial charge < -0.3 is 19.9 Å². The predicted octanol–water partition coefficient (Wildman–Crippen LogP) is 4.12. The Bertz CT molecular complexity index is 729. The molecular weight excluding hydrogens is 342 g/mol. The number of rotatable bonds is 8. The lowest BCUT2D eigenvalue weighted by molar-refractivity contribution is 0.0697. The summed E-state index contributed by atoms with van der Waals surface area (Å²) in [5.74, 6) is 0.223. The summed E-state index contributed by atoms with van der Waals surface area (Å²) in [5, 5.41) is 12.7. The highest BCUT2D eigenvalue weighted by Gasteiger charge is 2.13. The van der Waals surface area contributed by atoms with Gasteiger partial charge in [0.2, 0.25) is 0 Å². The Hall–Kier alpha value is -2.24. The Kier molecular flexibility index (Phi) is 6.67. The Morgan fingerprint density at radius 3 is 2.36 bits per heavy atom. The van der Waals surface area contributed by atoms with E-state index in [1.54, 1.807) is 31.4 Å². The van der Waals surface area contributed by atoms with Crippen molar-refractivity contribution < 1.29 is 19.4 Å². The molecule has 0 aliphatic heterocycles. The smallest absolute Gasteiger partial charge is 0.335 e. The Labute approximate surface area is 152 Å². The molecule has 0 saturated heterocycles. The maximum Gasteiger partial charge on any atom is 0.335 e. The molecule has 2 aromatic rings. The van der Waals surface area contributed by atoms with Crippen LogP contribution < -0.4 is 14.8 Å². The van der Waals surface area contributed by atoms with Gasteiger partial charge in [-0.25, -0.2) is 4.79 Å². The van der Waals surface area contributed by atoms with Crippen molar-refractivity contribution in [2.24, 2.45) is 0 Å². The van der Waals surface area contributed by atoms with Crippen LogP contribution in [0.2, 0.25) is 5.02 Å². The Balaban J connectivity index is 2.00. The molecular formula is C19H22ClNO4. The molecule has 0 amide bonds. The first-order valence-corrected chi connectivity index (χ1v) is 8.34. The second-order valence-electron chi connectivity index (χ2n) is 5.88. The number of benzene rings is 2. The third-order valence-corrected chi connectivity index (χ3v) is 3.78. The van der Waals surface area contributed by atoms with Gasteiger partial charge in [-0.2, -0.15) is 0 Å². The monoisotopic (exact) mass is 363 g/mol. The van der Waals surface area contributed by atoms with Crippen molar-refractivity contribution in [2.45, 2.75) is 33.0 Å². The molecule has 5 nitrogen and oxygen atoms in total. The Morgan fingerprint density at radius 1 is 1.16 bits per heavy atom. The van der Waals surface area contributed by atoms with Crippen molar-refractivity contribution in [1.82, 2.24) is 5.32 Å². The molecule has 0 unspecified atom stereocenters. The van der Waals surface area contributed by atoms with E-state index in [1.807, 2.05) is 26.0 Å². The van der Waals surface area contributed by atoms with Gasteiger partial charge in [-0.3, -0.25) is 0 Å². The molecule has 6 heteroatoms. The van der Waals surface area contributed by atoms with Crippen molar-refractivity contribution in [3.8, 4) is 11.5 Å². The summed E-state index contributed by atoms with van der Waals surface area (Å²) in [4.78, 5) is 10.8. The molecule has 0 fully saturated rings. The lowest BCUT2D eigenvalue weighted by Gasteiger charge is -2.16. The summed E-state index contributed by atoms with van der Waals surface area (Å²) >= 11 is 6.31. The molecule has 0 bridgehead atoms. The van der Waals surface area contributed by atoms with Gasteiger partial charge in [-0.15, -0.1) is 0 Å². The minimum atomic E-state index is -0.926. The second-order valence-corrected chi connectivity index (χ2v) is 6.29. The van der Waals surface area contributed by atoms with Crippen molar-refractivity contribution in [1.29, 1.82) is 0 Å². The lowest BCUT2D eigenvalue weighted by atomic mass is 10.1. The standard InChI is InChI=1S/C19H22ClNO4/c1-12(2)25-18-16(20)8-14(9-17(18)24-3)11-21-10-13-4-6-15(7-5-13)19(22)23/h4-9,12,21H,10-11H2,1-3H3,(H,22,23). The molecule has 0 saturated carbocycles. The molecule has 2 aromatic carbocycles. The highest BCUT2D eigenvalue weighted by Crippen LogP contribution is 2.37. The summed E-state index contributed by atoms with van der Waals surface area (Å²) in [5.41, 5.74) is 2.25. The molecule has 0 heterocycles. The SMILES string of the molecule is COc1cc(CNCc2ccc(C(=O)O)cc2)cc(Cl)c1OC(C)C. The number of hydrogen-bond acceptors (Lipinski definition) is 4. The highest BCUT2D eigenvalue weighted by atomic mass is 35.5. The van der Waals surface area contributed by atoms with Crippen LogP contribution in [-0.4, -0.2) is 24.3 Å². The molecule has 0 aromatic heterocycles. The molecule has 0 aliphatic rings. The first kappa shape index (κ1) is 19.1. The number of nitrogens with one attached hydrogen (secondary N) is 1. The zero-order valence-corrected chi connectivity index (χ0v) is 15.3. The fourth-order valence-corrected chi connectivity index (χ4v) is 2.62. The van der Waals surface area contributed by atoms with Gasteiger partial charge in [0.05, 0.1) is 23.8 Å². The van der Waals surface area contributed by atoms with Gasteiger partial charge in [0, 0.05) is 13.1 Å². The zero-order chi connectivity index (χ0) is 18.4. The van der Waals surface area contributed by atoms with E-state index in [0.717, 1.165) is 11.1 Å². The largest absolute Gasteiger partial charge is 0.493 e. The molecule has 0 radical (unpaired) electrons. The summed E-state index contributed by atoms with van der Waals surface area (Å²) in [7, 11) is 1.58. The first-order chi connectivity index (χ1) is 11.9. The predicted molar refractivity (Wildman–Crippen MR) is 97.7 cm³/mol. The van der Waals surface area contributed by atoms with Gasteiger partial charge >= 0.3 is 5.97 Å². The number of aromatic carboxylic acids is 1. The van der Waals surface area contributed by atoms with E-state index >= 15 is 0 Å². The maximum atomic E-state index is 10.8. The van der Waals surface area contributed by atoms with Crippen LogP contribution in [-0.2, 0) is 13.1 Å². The van der Waals surface area contributed by atoms with Crippen LogP contribution in [0.5, 0.6) is 11.5 Å². The van der Waals surface area contributed by atoms with E-state index in [9.17, 15) is 4.79 Å². The molecule has 134 valence electrons. The maximum absolute atomic E-state index is 10.8. The van der Waals surface area contributed by atoms with Crippen LogP contribution in [0.1, 0.15) is 35.3 Å². The van der Waals surface area contributed by atoms with Crippen molar-refractivity contribution in [3.05, 3.63) is 58.1 Å². The van der Waals surface area contributed by atoms with Gasteiger partial charge in [0.1, 0.15) is 0 Å². The average molecular weight is 364 g/mol. The van der Waals surface area contributed by atoms with Gasteiger partial charge in [0.15, 0.2) is 11.5 Å². The van der Waals surface area contributed by atoms with Gasteiger partial charge in [0.25, 0.3) is 0 Å². The number of carbonyl (C=O) groups is 1. The molecule has 0 aliphatic carbocycles. The molecule has 25 heavy (non-hydrogen) atoms. The normalized spacial score (nSPS) is 10.8. The van der Waals surface area contributed by atoms with Gasteiger partial charge in [-0.05, 0) is 49.2 Å². The number of ether oxygens (including phenoxy) is 2. The fourth-order valence-electron chi connectivity index (χ4n) is 2.34. The topological polar surface area (TPSA) is 67.8 Å². The summed E-state index contributed by atoms with van der Waals surface area (Å²) in [6.07, 6.45) is 0.00384. The third-order valence-electron chi connectivity index (χ3n) is 3.50. The van der Waals surface area contributed by atoms with E-state index in [2.05, 4.69) is 5.32 Å². The number of hydrogen-bond donors (Lipinski definition) is 2. The quantitative estimate of drug-likeness (QED) is 0.738. The number of carboxylic acid groups (broad SMARTS) is 1. The van der Waals surface area contributed by atoms with E-state index in [1.165, 1.54) is 0 Å². The Morgan fingerprint density at radius 2 is 1.80 bits per heavy atom. The average Bonchev–Trinajstić information content (AvgIpc) is 2.57. The van der Waals surface area contributed by atoms with Crippen LogP contribution in [0, 0.1) is 0 Å². The minimum absolute atomic E-state index is 0.00384. The summed E-state index contributed by atoms with van der Waals surface area (Å²) in [6.45, 7) is 5.07. The summed E-state index contributed by atoms with van der Waals surface area (Å²) < 4.78 is 11.1. The molecule has 2 rings (SSSR count). The van der Waals surface area contributed by atoms with Crippen molar-refractivity contribution >= 4 is 17.6 Å². The molecule has 2 N–H and O–H groups in total. The van der Waals surface area contributed by atoms with E-state index in [-0.39, 0.29) is 11.7 Å². The van der Waals surface area contributed by atoms with Crippen LogP contribution in [0.3, 0.4) is 0 Å². The van der Waals surface area contributed by atoms with Crippen molar-refractivity contribution in [3.63, 3.8) is 0 Å². The van der Waals surface area contributed by atoms with Crippen LogP contribution in [0.4, 0.5) is 0 Å². The van der Waals surface area contributed by atoms with Gasteiger partial charge in [-0.1, -0.05) is 23.7 Å². The van der Waals surface area contributed by atoms with Crippen LogP contribution in [0.25, 0.3) is 0 Å². The lowest BCUT2D eigenvalue weighted by Crippen LogP contribution is -2.13. The van der Waals surface area contributed by atoms with Crippen molar-refractivity contribution in [2.75, 3.05) is 7.11 Å². The van der Waals surface area contributed by atoms with E-state index in [4.69, 9.17) is 26.2 Å². The number of methoxy groups -OCH3 is 1. The second kappa shape index (κ2) is 8.74. The van der Waals surface area contributed by atoms with E-state index in [0.29, 0.717) is 29.6 Å². The molecule has 0 spiro atoms.